The molecule has 2 nitrogen and oxygen atoms in total. The number of piperidine rings is 1. The van der Waals surface area contributed by atoms with Gasteiger partial charge in [-0.3, -0.25) is 4.90 Å². The highest BCUT2D eigenvalue weighted by atomic mass is 35.5. The van der Waals surface area contributed by atoms with E-state index in [1.165, 1.54) is 17.2 Å². The summed E-state index contributed by atoms with van der Waals surface area (Å²) >= 11 is 6.07. The molecule has 1 saturated heterocycles. The SMILES string of the molecule is COc1ccc2c(c1)CN1CCC2(c2ccc(F)c(Cl)c2)CC1. The van der Waals surface area contributed by atoms with Gasteiger partial charge in [0, 0.05) is 12.0 Å². The number of nitrogens with zero attached hydrogens (tertiary/aromatic N) is 1. The molecule has 0 atom stereocenters. The van der Waals surface area contributed by atoms with Crippen molar-refractivity contribution in [1.29, 1.82) is 0 Å². The fourth-order valence-electron chi connectivity index (χ4n) is 4.14. The Morgan fingerprint density at radius 1 is 1.13 bits per heavy atom. The molecule has 23 heavy (non-hydrogen) atoms. The first-order valence-corrected chi connectivity index (χ1v) is 8.35. The smallest absolute Gasteiger partial charge is 0.141 e. The minimum absolute atomic E-state index is 0.0774. The van der Waals surface area contributed by atoms with E-state index in [4.69, 9.17) is 16.3 Å². The number of fused-ring (bicyclic) bond motifs is 2. The van der Waals surface area contributed by atoms with Gasteiger partial charge in [0.05, 0.1) is 12.1 Å². The second kappa shape index (κ2) is 5.50. The summed E-state index contributed by atoms with van der Waals surface area (Å²) in [6.45, 7) is 3.04. The molecule has 1 fully saturated rings. The van der Waals surface area contributed by atoms with E-state index >= 15 is 0 Å². The van der Waals surface area contributed by atoms with E-state index in [0.29, 0.717) is 0 Å². The molecular formula is C19H19ClFNO. The summed E-state index contributed by atoms with van der Waals surface area (Å²) in [6.07, 6.45) is 2.07. The molecule has 2 aromatic carbocycles. The molecule has 0 radical (unpaired) electrons. The van der Waals surface area contributed by atoms with Crippen molar-refractivity contribution >= 4 is 11.6 Å². The van der Waals surface area contributed by atoms with Gasteiger partial charge in [0.1, 0.15) is 11.6 Å². The number of ether oxygens (including phenoxy) is 1. The highest BCUT2D eigenvalue weighted by molar-refractivity contribution is 6.30. The van der Waals surface area contributed by atoms with Gasteiger partial charge in [-0.2, -0.15) is 0 Å². The zero-order valence-electron chi connectivity index (χ0n) is 13.1. The van der Waals surface area contributed by atoms with E-state index in [1.807, 2.05) is 18.2 Å². The van der Waals surface area contributed by atoms with E-state index < -0.39 is 0 Å². The van der Waals surface area contributed by atoms with Crippen molar-refractivity contribution in [2.45, 2.75) is 24.8 Å². The van der Waals surface area contributed by atoms with Crippen LogP contribution in [-0.4, -0.2) is 25.1 Å². The molecule has 0 unspecified atom stereocenters. The van der Waals surface area contributed by atoms with Crippen LogP contribution in [0.1, 0.15) is 29.5 Å². The molecule has 4 heteroatoms. The van der Waals surface area contributed by atoms with Gasteiger partial charge in [-0.25, -0.2) is 4.39 Å². The standard InChI is InChI=1S/C19H19ClFNO/c1-23-15-3-4-16-13(10-15)12-22-8-6-19(16,7-9-22)14-2-5-18(21)17(20)11-14/h2-5,10-11H,6-9,12H2,1H3. The zero-order chi connectivity index (χ0) is 16.0. The average Bonchev–Trinajstić information content (AvgIpc) is 2.83. The Morgan fingerprint density at radius 3 is 2.61 bits per heavy atom. The molecule has 0 aliphatic carbocycles. The van der Waals surface area contributed by atoms with Gasteiger partial charge in [0.25, 0.3) is 0 Å². The topological polar surface area (TPSA) is 12.5 Å². The summed E-state index contributed by atoms with van der Waals surface area (Å²) < 4.78 is 19.0. The molecule has 3 aliphatic heterocycles. The molecule has 5 rings (SSSR count). The van der Waals surface area contributed by atoms with E-state index in [1.54, 1.807) is 7.11 Å². The number of methoxy groups -OCH3 is 1. The summed E-state index contributed by atoms with van der Waals surface area (Å²) in [7, 11) is 1.70. The molecule has 0 amide bonds. The fourth-order valence-corrected chi connectivity index (χ4v) is 4.32. The zero-order valence-corrected chi connectivity index (χ0v) is 13.9. The molecule has 0 saturated carbocycles. The Hall–Kier alpha value is -1.58. The second-order valence-electron chi connectivity index (χ2n) is 6.51. The van der Waals surface area contributed by atoms with Crippen molar-refractivity contribution in [3.05, 3.63) is 63.9 Å². The van der Waals surface area contributed by atoms with E-state index in [-0.39, 0.29) is 16.3 Å². The lowest BCUT2D eigenvalue weighted by atomic mass is 9.68. The molecule has 3 aliphatic rings. The van der Waals surface area contributed by atoms with Gasteiger partial charge in [-0.05, 0) is 66.9 Å². The van der Waals surface area contributed by atoms with Gasteiger partial charge < -0.3 is 4.74 Å². The van der Waals surface area contributed by atoms with Crippen LogP contribution in [0.15, 0.2) is 36.4 Å². The van der Waals surface area contributed by atoms with Crippen LogP contribution in [0, 0.1) is 5.82 Å². The first kappa shape index (κ1) is 15.0. The molecule has 120 valence electrons. The van der Waals surface area contributed by atoms with Crippen LogP contribution in [0.5, 0.6) is 5.75 Å². The maximum absolute atomic E-state index is 13.6. The maximum Gasteiger partial charge on any atom is 0.141 e. The summed E-state index contributed by atoms with van der Waals surface area (Å²) in [4.78, 5) is 2.48. The minimum atomic E-state index is -0.354. The normalized spacial score (nSPS) is 25.8. The number of hydrogen-bond donors (Lipinski definition) is 0. The molecule has 2 aromatic rings. The van der Waals surface area contributed by atoms with Crippen LogP contribution in [0.25, 0.3) is 0 Å². The first-order valence-electron chi connectivity index (χ1n) is 7.98. The van der Waals surface area contributed by atoms with Crippen molar-refractivity contribution in [3.63, 3.8) is 0 Å². The largest absolute Gasteiger partial charge is 0.497 e. The third-order valence-electron chi connectivity index (χ3n) is 5.40. The van der Waals surface area contributed by atoms with Crippen LogP contribution in [0.4, 0.5) is 4.39 Å². The molecular weight excluding hydrogens is 313 g/mol. The summed E-state index contributed by atoms with van der Waals surface area (Å²) in [6, 6.07) is 11.5. The highest BCUT2D eigenvalue weighted by Crippen LogP contribution is 2.47. The van der Waals surface area contributed by atoms with Crippen LogP contribution in [-0.2, 0) is 12.0 Å². The second-order valence-corrected chi connectivity index (χ2v) is 6.92. The monoisotopic (exact) mass is 331 g/mol. The predicted octanol–water partition coefficient (Wildman–Crippen LogP) is 4.38. The van der Waals surface area contributed by atoms with E-state index in [0.717, 1.165) is 43.8 Å². The fraction of sp³-hybridized carbons (Fsp3) is 0.368. The van der Waals surface area contributed by atoms with Gasteiger partial charge >= 0.3 is 0 Å². The van der Waals surface area contributed by atoms with E-state index in [9.17, 15) is 4.39 Å². The summed E-state index contributed by atoms with van der Waals surface area (Å²) in [5, 5.41) is 0.207. The molecule has 0 spiro atoms. The lowest BCUT2D eigenvalue weighted by Gasteiger charge is -2.39. The molecule has 0 aromatic heterocycles. The third-order valence-corrected chi connectivity index (χ3v) is 5.69. The average molecular weight is 332 g/mol. The van der Waals surface area contributed by atoms with Crippen molar-refractivity contribution in [2.75, 3.05) is 20.2 Å². The Balaban J connectivity index is 1.91. The van der Waals surface area contributed by atoms with Crippen molar-refractivity contribution in [2.24, 2.45) is 0 Å². The first-order chi connectivity index (χ1) is 11.1. The van der Waals surface area contributed by atoms with Crippen molar-refractivity contribution in [3.8, 4) is 5.75 Å². The van der Waals surface area contributed by atoms with Gasteiger partial charge in [-0.1, -0.05) is 23.7 Å². The number of halogens is 2. The van der Waals surface area contributed by atoms with Crippen molar-refractivity contribution in [1.82, 2.24) is 4.90 Å². The predicted molar refractivity (Wildman–Crippen MR) is 89.7 cm³/mol. The minimum Gasteiger partial charge on any atom is -0.497 e. The van der Waals surface area contributed by atoms with Gasteiger partial charge in [0.15, 0.2) is 0 Å². The van der Waals surface area contributed by atoms with Crippen LogP contribution in [0.3, 0.4) is 0 Å². The Labute approximate surface area is 140 Å². The van der Waals surface area contributed by atoms with Crippen LogP contribution >= 0.6 is 11.6 Å². The lowest BCUT2D eigenvalue weighted by molar-refractivity contribution is 0.190. The quantitative estimate of drug-likeness (QED) is 0.809. The maximum atomic E-state index is 13.6. The van der Waals surface area contributed by atoms with Crippen LogP contribution in [0.2, 0.25) is 5.02 Å². The highest BCUT2D eigenvalue weighted by Gasteiger charge is 2.42. The van der Waals surface area contributed by atoms with Crippen molar-refractivity contribution < 1.29 is 9.13 Å². The molecule has 2 bridgehead atoms. The molecule has 0 N–H and O–H groups in total. The Morgan fingerprint density at radius 2 is 1.91 bits per heavy atom. The van der Waals surface area contributed by atoms with E-state index in [2.05, 4.69) is 17.0 Å². The number of benzene rings is 2. The number of rotatable bonds is 2. The van der Waals surface area contributed by atoms with Gasteiger partial charge in [0.2, 0.25) is 0 Å². The van der Waals surface area contributed by atoms with Crippen LogP contribution < -0.4 is 4.74 Å². The van der Waals surface area contributed by atoms with Gasteiger partial charge in [-0.15, -0.1) is 0 Å². The summed E-state index contributed by atoms with van der Waals surface area (Å²) in [5.74, 6) is 0.534. The number of hydrogen-bond acceptors (Lipinski definition) is 2. The summed E-state index contributed by atoms with van der Waals surface area (Å²) in [5.41, 5.74) is 3.68. The Kier molecular flexibility index (Phi) is 3.58. The Bertz CT molecular complexity index is 753. The third kappa shape index (κ3) is 2.34. The lowest BCUT2D eigenvalue weighted by Crippen LogP contribution is -2.39. The molecule has 3 heterocycles.